The number of likely N-dealkylation sites (tertiary alicyclic amines) is 1. The second-order valence-corrected chi connectivity index (χ2v) is 6.81. The summed E-state index contributed by atoms with van der Waals surface area (Å²) in [5.74, 6) is -1.73. The van der Waals surface area contributed by atoms with Crippen LogP contribution in [0.25, 0.3) is 0 Å². The topological polar surface area (TPSA) is 104 Å². The molecule has 1 aliphatic rings. The molecule has 0 spiro atoms. The third-order valence-corrected chi connectivity index (χ3v) is 4.99. The number of piperidine rings is 1. The predicted molar refractivity (Wildman–Crippen MR) is 93.7 cm³/mol. The van der Waals surface area contributed by atoms with Gasteiger partial charge in [-0.25, -0.2) is 0 Å². The predicted octanol–water partition coefficient (Wildman–Crippen LogP) is 1.97. The zero-order valence-electron chi connectivity index (χ0n) is 15.6. The molecule has 0 radical (unpaired) electrons. The molecule has 1 atom stereocenters. The first-order valence-electron chi connectivity index (χ1n) is 9.09. The van der Waals surface area contributed by atoms with E-state index in [4.69, 9.17) is 9.63 Å². The minimum absolute atomic E-state index is 0.115. The van der Waals surface area contributed by atoms with Crippen molar-refractivity contribution in [1.29, 1.82) is 0 Å². The van der Waals surface area contributed by atoms with Crippen LogP contribution in [0.15, 0.2) is 10.6 Å². The fourth-order valence-electron chi connectivity index (χ4n) is 3.26. The minimum atomic E-state index is -0.887. The van der Waals surface area contributed by atoms with Gasteiger partial charge in [0.2, 0.25) is 11.7 Å². The van der Waals surface area contributed by atoms with Crippen LogP contribution in [-0.2, 0) is 9.59 Å². The highest BCUT2D eigenvalue weighted by atomic mass is 16.5. The second-order valence-electron chi connectivity index (χ2n) is 6.81. The number of aromatic nitrogens is 1. The van der Waals surface area contributed by atoms with Gasteiger partial charge in [-0.1, -0.05) is 19.0 Å². The van der Waals surface area contributed by atoms with Crippen molar-refractivity contribution in [3.63, 3.8) is 0 Å². The van der Waals surface area contributed by atoms with Gasteiger partial charge in [-0.15, -0.1) is 0 Å². The molecule has 8 heteroatoms. The molecule has 0 aromatic carbocycles. The summed E-state index contributed by atoms with van der Waals surface area (Å²) in [7, 11) is 1.53. The molecule has 144 valence electrons. The smallest absolute Gasteiger partial charge is 0.308 e. The van der Waals surface area contributed by atoms with Gasteiger partial charge in [0.15, 0.2) is 0 Å². The number of carboxylic acid groups (broad SMARTS) is 1. The molecule has 1 fully saturated rings. The molecule has 0 saturated carbocycles. The van der Waals surface area contributed by atoms with Gasteiger partial charge in [0.1, 0.15) is 0 Å². The van der Waals surface area contributed by atoms with E-state index in [9.17, 15) is 14.4 Å². The number of hydrogen-bond acceptors (Lipinski definition) is 5. The molecule has 2 heterocycles. The molecular weight excluding hydrogens is 338 g/mol. The molecule has 0 aliphatic carbocycles. The van der Waals surface area contributed by atoms with Crippen LogP contribution in [0.3, 0.4) is 0 Å². The maximum atomic E-state index is 12.5. The Labute approximate surface area is 153 Å². The summed E-state index contributed by atoms with van der Waals surface area (Å²) in [5, 5.41) is 13.1. The fourth-order valence-corrected chi connectivity index (χ4v) is 3.26. The standard InChI is InChI=1S/C18H27N3O5/c1-4-12(5-2)14-9-15(26-19-14)17(23)20(3)11-16(22)21-8-6-7-13(10-21)18(24)25/h9,12-13H,4-8,10-11H2,1-3H3,(H,24,25). The van der Waals surface area contributed by atoms with Crippen LogP contribution in [0, 0.1) is 5.92 Å². The van der Waals surface area contributed by atoms with Crippen molar-refractivity contribution in [2.75, 3.05) is 26.7 Å². The maximum absolute atomic E-state index is 12.5. The summed E-state index contributed by atoms with van der Waals surface area (Å²) < 4.78 is 5.16. The maximum Gasteiger partial charge on any atom is 0.308 e. The van der Waals surface area contributed by atoms with Crippen molar-refractivity contribution >= 4 is 17.8 Å². The van der Waals surface area contributed by atoms with Gasteiger partial charge in [0, 0.05) is 32.1 Å². The zero-order chi connectivity index (χ0) is 19.3. The van der Waals surface area contributed by atoms with Crippen LogP contribution < -0.4 is 0 Å². The monoisotopic (exact) mass is 365 g/mol. The van der Waals surface area contributed by atoms with E-state index in [1.54, 1.807) is 6.07 Å². The Bertz CT molecular complexity index is 653. The van der Waals surface area contributed by atoms with Crippen molar-refractivity contribution in [2.45, 2.75) is 45.4 Å². The van der Waals surface area contributed by atoms with Crippen LogP contribution >= 0.6 is 0 Å². The summed E-state index contributed by atoms with van der Waals surface area (Å²) in [6, 6.07) is 1.64. The lowest BCUT2D eigenvalue weighted by molar-refractivity contribution is -0.145. The van der Waals surface area contributed by atoms with Crippen LogP contribution in [0.4, 0.5) is 0 Å². The average molecular weight is 365 g/mol. The van der Waals surface area contributed by atoms with Crippen LogP contribution in [-0.4, -0.2) is 64.5 Å². The normalized spacial score (nSPS) is 17.4. The molecular formula is C18H27N3O5. The number of carboxylic acids is 1. The number of nitrogens with zero attached hydrogens (tertiary/aromatic N) is 3. The third-order valence-electron chi connectivity index (χ3n) is 4.99. The second kappa shape index (κ2) is 8.82. The van der Waals surface area contributed by atoms with Crippen molar-refractivity contribution in [1.82, 2.24) is 15.0 Å². The molecule has 8 nitrogen and oxygen atoms in total. The molecule has 2 amide bonds. The van der Waals surface area contributed by atoms with Crippen LogP contribution in [0.5, 0.6) is 0 Å². The number of rotatable bonds is 7. The Morgan fingerprint density at radius 2 is 2.08 bits per heavy atom. The lowest BCUT2D eigenvalue weighted by Gasteiger charge is -2.31. The summed E-state index contributed by atoms with van der Waals surface area (Å²) >= 11 is 0. The van der Waals surface area contributed by atoms with Crippen molar-refractivity contribution < 1.29 is 24.0 Å². The van der Waals surface area contributed by atoms with Crippen molar-refractivity contribution in [3.05, 3.63) is 17.5 Å². The van der Waals surface area contributed by atoms with E-state index < -0.39 is 17.8 Å². The zero-order valence-corrected chi connectivity index (χ0v) is 15.6. The molecule has 2 rings (SSSR count). The highest BCUT2D eigenvalue weighted by Crippen LogP contribution is 2.23. The summed E-state index contributed by atoms with van der Waals surface area (Å²) in [4.78, 5) is 38.8. The molecule has 1 aliphatic heterocycles. The highest BCUT2D eigenvalue weighted by Gasteiger charge is 2.29. The Kier molecular flexibility index (Phi) is 6.76. The SMILES string of the molecule is CCC(CC)c1cc(C(=O)N(C)CC(=O)N2CCCC(C(=O)O)C2)on1. The average Bonchev–Trinajstić information content (AvgIpc) is 3.12. The lowest BCUT2D eigenvalue weighted by Crippen LogP contribution is -2.46. The molecule has 26 heavy (non-hydrogen) atoms. The van der Waals surface area contributed by atoms with E-state index >= 15 is 0 Å². The molecule has 0 bridgehead atoms. The number of aliphatic carboxylic acids is 1. The molecule has 1 aromatic rings. The molecule has 1 saturated heterocycles. The fraction of sp³-hybridized carbons (Fsp3) is 0.667. The molecule has 1 aromatic heterocycles. The van der Waals surface area contributed by atoms with Gasteiger partial charge in [-0.05, 0) is 25.7 Å². The van der Waals surface area contributed by atoms with E-state index in [1.165, 1.54) is 16.8 Å². The number of likely N-dealkylation sites (N-methyl/N-ethyl adjacent to an activating group) is 1. The Morgan fingerprint density at radius 1 is 1.38 bits per heavy atom. The van der Waals surface area contributed by atoms with Crippen LogP contribution in [0.1, 0.15) is 61.7 Å². The largest absolute Gasteiger partial charge is 0.481 e. The van der Waals surface area contributed by atoms with Crippen molar-refractivity contribution in [2.24, 2.45) is 5.92 Å². The van der Waals surface area contributed by atoms with E-state index in [-0.39, 0.29) is 30.7 Å². The lowest BCUT2D eigenvalue weighted by atomic mass is 9.98. The summed E-state index contributed by atoms with van der Waals surface area (Å²) in [5.41, 5.74) is 0.749. The van der Waals surface area contributed by atoms with Crippen molar-refractivity contribution in [3.8, 4) is 0 Å². The van der Waals surface area contributed by atoms with Crippen LogP contribution in [0.2, 0.25) is 0 Å². The van der Waals surface area contributed by atoms with E-state index in [0.29, 0.717) is 19.4 Å². The van der Waals surface area contributed by atoms with Gasteiger partial charge < -0.3 is 19.4 Å². The molecule has 1 unspecified atom stereocenters. The highest BCUT2D eigenvalue weighted by molar-refractivity contribution is 5.94. The minimum Gasteiger partial charge on any atom is -0.481 e. The number of carbonyl (C=O) groups is 3. The van der Waals surface area contributed by atoms with Gasteiger partial charge in [-0.2, -0.15) is 0 Å². The van der Waals surface area contributed by atoms with Gasteiger partial charge in [0.25, 0.3) is 5.91 Å². The Balaban J connectivity index is 1.96. The van der Waals surface area contributed by atoms with Gasteiger partial charge >= 0.3 is 5.97 Å². The van der Waals surface area contributed by atoms with E-state index in [1.807, 2.05) is 0 Å². The van der Waals surface area contributed by atoms with Gasteiger partial charge in [0.05, 0.1) is 18.2 Å². The summed E-state index contributed by atoms with van der Waals surface area (Å²) in [6.45, 7) is 4.70. The number of carbonyl (C=O) groups excluding carboxylic acids is 2. The Morgan fingerprint density at radius 3 is 2.69 bits per heavy atom. The summed E-state index contributed by atoms with van der Waals surface area (Å²) in [6.07, 6.45) is 3.04. The van der Waals surface area contributed by atoms with E-state index in [2.05, 4.69) is 19.0 Å². The first-order valence-corrected chi connectivity index (χ1v) is 9.09. The van der Waals surface area contributed by atoms with Gasteiger partial charge in [-0.3, -0.25) is 14.4 Å². The number of amides is 2. The first kappa shape index (κ1) is 19.9. The Hall–Kier alpha value is -2.38. The molecule has 1 N–H and O–H groups in total. The number of hydrogen-bond donors (Lipinski definition) is 1. The third kappa shape index (κ3) is 4.62. The first-order chi connectivity index (χ1) is 12.4. The van der Waals surface area contributed by atoms with E-state index in [0.717, 1.165) is 18.5 Å². The quantitative estimate of drug-likeness (QED) is 0.792.